The molecular weight excluding hydrogens is 330 g/mol. The molecular formula is C18H16ClNO4. The van der Waals surface area contributed by atoms with E-state index in [-0.39, 0.29) is 18.1 Å². The van der Waals surface area contributed by atoms with Crippen molar-refractivity contribution in [3.05, 3.63) is 58.6 Å². The Labute approximate surface area is 144 Å². The first kappa shape index (κ1) is 16.3. The van der Waals surface area contributed by atoms with E-state index in [1.807, 2.05) is 24.3 Å². The van der Waals surface area contributed by atoms with Gasteiger partial charge in [-0.15, -0.1) is 0 Å². The Kier molecular flexibility index (Phi) is 4.71. The van der Waals surface area contributed by atoms with Gasteiger partial charge >= 0.3 is 0 Å². The number of amides is 1. The molecule has 0 saturated carbocycles. The highest BCUT2D eigenvalue weighted by molar-refractivity contribution is 6.31. The molecule has 1 heterocycles. The molecule has 0 unspecified atom stereocenters. The van der Waals surface area contributed by atoms with Crippen molar-refractivity contribution in [1.82, 2.24) is 5.32 Å². The minimum atomic E-state index is -0.829. The second-order valence-corrected chi connectivity index (χ2v) is 5.88. The molecule has 1 aliphatic rings. The van der Waals surface area contributed by atoms with E-state index in [0.717, 1.165) is 11.3 Å². The maximum absolute atomic E-state index is 12.3. The minimum Gasteiger partial charge on any atom is -0.497 e. The molecule has 1 atom stereocenters. The van der Waals surface area contributed by atoms with E-state index in [9.17, 15) is 9.59 Å². The van der Waals surface area contributed by atoms with Crippen molar-refractivity contribution in [2.75, 3.05) is 7.11 Å². The number of nitrogens with one attached hydrogen (secondary N) is 1. The van der Waals surface area contributed by atoms with E-state index < -0.39 is 6.10 Å². The Morgan fingerprint density at radius 3 is 2.75 bits per heavy atom. The van der Waals surface area contributed by atoms with Gasteiger partial charge < -0.3 is 14.8 Å². The number of carbonyl (C=O) groups excluding carboxylic acids is 2. The second kappa shape index (κ2) is 6.93. The van der Waals surface area contributed by atoms with Gasteiger partial charge in [0.05, 0.1) is 19.1 Å². The monoisotopic (exact) mass is 345 g/mol. The quantitative estimate of drug-likeness (QED) is 0.925. The Bertz CT molecular complexity index is 773. The number of ketones is 1. The Morgan fingerprint density at radius 1 is 1.29 bits per heavy atom. The van der Waals surface area contributed by atoms with Crippen molar-refractivity contribution in [3.63, 3.8) is 0 Å². The molecule has 0 bridgehead atoms. The van der Waals surface area contributed by atoms with Gasteiger partial charge in [0.25, 0.3) is 5.91 Å². The van der Waals surface area contributed by atoms with E-state index in [1.165, 1.54) is 0 Å². The predicted octanol–water partition coefficient (Wildman–Crippen LogP) is 3.00. The molecule has 0 fully saturated rings. The van der Waals surface area contributed by atoms with Crippen LogP contribution in [0, 0.1) is 0 Å². The molecule has 1 N–H and O–H groups in total. The lowest BCUT2D eigenvalue weighted by Crippen LogP contribution is -2.41. The molecule has 5 nitrogen and oxygen atoms in total. The number of benzene rings is 2. The van der Waals surface area contributed by atoms with Gasteiger partial charge in [-0.25, -0.2) is 0 Å². The molecule has 124 valence electrons. The summed E-state index contributed by atoms with van der Waals surface area (Å²) in [5.74, 6) is 0.671. The SMILES string of the molecule is COc1ccc(CNC(=O)[C@H]2CC(=O)c3cc(Cl)ccc3O2)cc1. The topological polar surface area (TPSA) is 64.6 Å². The normalized spacial score (nSPS) is 16.1. The maximum atomic E-state index is 12.3. The number of halogens is 1. The van der Waals surface area contributed by atoms with Crippen LogP contribution in [0.15, 0.2) is 42.5 Å². The van der Waals surface area contributed by atoms with Crippen molar-refractivity contribution in [3.8, 4) is 11.5 Å². The average Bonchev–Trinajstić information content (AvgIpc) is 2.60. The van der Waals surface area contributed by atoms with Gasteiger partial charge in [-0.1, -0.05) is 23.7 Å². The van der Waals surface area contributed by atoms with Gasteiger partial charge in [0.15, 0.2) is 11.9 Å². The molecule has 24 heavy (non-hydrogen) atoms. The molecule has 1 amide bonds. The van der Waals surface area contributed by atoms with Crippen LogP contribution in [-0.2, 0) is 11.3 Å². The fraction of sp³-hybridized carbons (Fsp3) is 0.222. The van der Waals surface area contributed by atoms with Crippen molar-refractivity contribution in [1.29, 1.82) is 0 Å². The second-order valence-electron chi connectivity index (χ2n) is 5.44. The van der Waals surface area contributed by atoms with Gasteiger partial charge in [-0.05, 0) is 35.9 Å². The van der Waals surface area contributed by atoms with Crippen molar-refractivity contribution < 1.29 is 19.1 Å². The first-order valence-corrected chi connectivity index (χ1v) is 7.84. The number of Topliss-reactive ketones (excluding diaryl/α,β-unsaturated/α-hetero) is 1. The van der Waals surface area contributed by atoms with Gasteiger partial charge in [0, 0.05) is 11.6 Å². The lowest BCUT2D eigenvalue weighted by molar-refractivity contribution is -0.128. The highest BCUT2D eigenvalue weighted by atomic mass is 35.5. The summed E-state index contributed by atoms with van der Waals surface area (Å²) >= 11 is 5.88. The predicted molar refractivity (Wildman–Crippen MR) is 89.7 cm³/mol. The molecule has 2 aromatic carbocycles. The van der Waals surface area contributed by atoms with E-state index in [0.29, 0.717) is 22.9 Å². The van der Waals surface area contributed by atoms with Crippen molar-refractivity contribution >= 4 is 23.3 Å². The zero-order chi connectivity index (χ0) is 17.1. The number of hydrogen-bond donors (Lipinski definition) is 1. The van der Waals surface area contributed by atoms with Crippen LogP contribution in [0.4, 0.5) is 0 Å². The van der Waals surface area contributed by atoms with E-state index in [2.05, 4.69) is 5.32 Å². The zero-order valence-corrected chi connectivity index (χ0v) is 13.8. The largest absolute Gasteiger partial charge is 0.497 e. The van der Waals surface area contributed by atoms with Gasteiger partial charge in [-0.2, -0.15) is 0 Å². The third kappa shape index (κ3) is 3.51. The molecule has 2 aromatic rings. The summed E-state index contributed by atoms with van der Waals surface area (Å²) in [6.45, 7) is 0.352. The standard InChI is InChI=1S/C18H16ClNO4/c1-23-13-5-2-11(3-6-13)10-20-18(22)17-9-15(21)14-8-12(19)4-7-16(14)24-17/h2-8,17H,9-10H2,1H3,(H,20,22)/t17-/m1/s1. The fourth-order valence-electron chi connectivity index (χ4n) is 2.49. The summed E-state index contributed by atoms with van der Waals surface area (Å²) in [5.41, 5.74) is 1.35. The number of ether oxygens (including phenoxy) is 2. The van der Waals surface area contributed by atoms with Crippen LogP contribution in [0.25, 0.3) is 0 Å². The Morgan fingerprint density at radius 2 is 2.04 bits per heavy atom. The van der Waals surface area contributed by atoms with E-state index in [1.54, 1.807) is 25.3 Å². The number of rotatable bonds is 4. The highest BCUT2D eigenvalue weighted by Crippen LogP contribution is 2.30. The minimum absolute atomic E-state index is 0.00177. The first-order valence-electron chi connectivity index (χ1n) is 7.47. The van der Waals surface area contributed by atoms with Gasteiger partial charge in [-0.3, -0.25) is 9.59 Å². The molecule has 0 radical (unpaired) electrons. The summed E-state index contributed by atoms with van der Waals surface area (Å²) in [5, 5.41) is 3.25. The van der Waals surface area contributed by atoms with Crippen LogP contribution in [0.3, 0.4) is 0 Å². The molecule has 1 aliphatic heterocycles. The van der Waals surface area contributed by atoms with Crippen LogP contribution in [0.2, 0.25) is 5.02 Å². The molecule has 0 aromatic heterocycles. The van der Waals surface area contributed by atoms with Crippen LogP contribution in [0.5, 0.6) is 11.5 Å². The van der Waals surface area contributed by atoms with E-state index in [4.69, 9.17) is 21.1 Å². The summed E-state index contributed by atoms with van der Waals surface area (Å²) in [4.78, 5) is 24.4. The summed E-state index contributed by atoms with van der Waals surface area (Å²) in [7, 11) is 1.60. The smallest absolute Gasteiger partial charge is 0.261 e. The van der Waals surface area contributed by atoms with Crippen LogP contribution >= 0.6 is 11.6 Å². The molecule has 3 rings (SSSR count). The molecule has 6 heteroatoms. The fourth-order valence-corrected chi connectivity index (χ4v) is 2.66. The first-order chi connectivity index (χ1) is 11.6. The summed E-state index contributed by atoms with van der Waals surface area (Å²) < 4.78 is 10.7. The third-order valence-electron chi connectivity index (χ3n) is 3.80. The van der Waals surface area contributed by atoms with Crippen LogP contribution in [0.1, 0.15) is 22.3 Å². The van der Waals surface area contributed by atoms with E-state index >= 15 is 0 Å². The Balaban J connectivity index is 1.63. The van der Waals surface area contributed by atoms with Gasteiger partial charge in [0.1, 0.15) is 11.5 Å². The number of hydrogen-bond acceptors (Lipinski definition) is 4. The maximum Gasteiger partial charge on any atom is 0.261 e. The number of fused-ring (bicyclic) bond motifs is 1. The van der Waals surface area contributed by atoms with Crippen LogP contribution in [-0.4, -0.2) is 24.9 Å². The van der Waals surface area contributed by atoms with Gasteiger partial charge in [0.2, 0.25) is 0 Å². The van der Waals surface area contributed by atoms with Crippen LogP contribution < -0.4 is 14.8 Å². The number of carbonyl (C=O) groups is 2. The lowest BCUT2D eigenvalue weighted by atomic mass is 10.0. The summed E-state index contributed by atoms with van der Waals surface area (Å²) in [6.07, 6.45) is -0.827. The lowest BCUT2D eigenvalue weighted by Gasteiger charge is -2.24. The average molecular weight is 346 g/mol. The molecule has 0 saturated heterocycles. The number of methoxy groups -OCH3 is 1. The molecule has 0 spiro atoms. The highest BCUT2D eigenvalue weighted by Gasteiger charge is 2.31. The Hall–Kier alpha value is -2.53. The zero-order valence-electron chi connectivity index (χ0n) is 13.0. The molecule has 0 aliphatic carbocycles. The van der Waals surface area contributed by atoms with Crippen molar-refractivity contribution in [2.24, 2.45) is 0 Å². The summed E-state index contributed by atoms with van der Waals surface area (Å²) in [6, 6.07) is 12.2. The van der Waals surface area contributed by atoms with Crippen molar-refractivity contribution in [2.45, 2.75) is 19.1 Å². The third-order valence-corrected chi connectivity index (χ3v) is 4.04.